The van der Waals surface area contributed by atoms with Crippen molar-refractivity contribution in [1.82, 2.24) is 4.98 Å². The Morgan fingerprint density at radius 2 is 2.33 bits per heavy atom. The van der Waals surface area contributed by atoms with Gasteiger partial charge in [-0.15, -0.1) is 0 Å². The zero-order valence-corrected chi connectivity index (χ0v) is 7.32. The molecule has 0 aliphatic rings. The van der Waals surface area contributed by atoms with Crippen molar-refractivity contribution in [3.05, 3.63) is 32.5 Å². The van der Waals surface area contributed by atoms with Crippen molar-refractivity contribution < 1.29 is 9.72 Å². The van der Waals surface area contributed by atoms with Crippen molar-refractivity contribution >= 4 is 27.9 Å². The largest absolute Gasteiger partial charge is 0.298 e. The van der Waals surface area contributed by atoms with E-state index in [1.165, 1.54) is 6.07 Å². The van der Waals surface area contributed by atoms with Crippen LogP contribution in [0.15, 0.2) is 16.9 Å². The molecule has 12 heavy (non-hydrogen) atoms. The average Bonchev–Trinajstić information content (AvgIpc) is 2.04. The zero-order chi connectivity index (χ0) is 9.14. The van der Waals surface area contributed by atoms with Crippen molar-refractivity contribution in [3.63, 3.8) is 0 Å². The summed E-state index contributed by atoms with van der Waals surface area (Å²) in [7, 11) is 0. The number of aromatic nitrogens is 1. The smallest absolute Gasteiger partial charge is 0.284 e. The number of carbonyl (C=O) groups excluding carboxylic acids is 1. The SMILES string of the molecule is O=Cc1cnc(Br)cc1[N+](=O)[O-]. The summed E-state index contributed by atoms with van der Waals surface area (Å²) in [6.07, 6.45) is 1.55. The Hall–Kier alpha value is -1.30. The molecule has 0 aliphatic carbocycles. The molecule has 0 fully saturated rings. The highest BCUT2D eigenvalue weighted by Gasteiger charge is 2.13. The third kappa shape index (κ3) is 1.65. The van der Waals surface area contributed by atoms with E-state index in [4.69, 9.17) is 0 Å². The summed E-state index contributed by atoms with van der Waals surface area (Å²) >= 11 is 2.96. The number of carbonyl (C=O) groups is 1. The van der Waals surface area contributed by atoms with Crippen molar-refractivity contribution in [2.45, 2.75) is 0 Å². The van der Waals surface area contributed by atoms with E-state index >= 15 is 0 Å². The molecule has 0 spiro atoms. The lowest BCUT2D eigenvalue weighted by Gasteiger charge is -1.94. The van der Waals surface area contributed by atoms with Crippen LogP contribution in [-0.2, 0) is 0 Å². The number of aldehydes is 1. The molecule has 1 heterocycles. The highest BCUT2D eigenvalue weighted by atomic mass is 79.9. The summed E-state index contributed by atoms with van der Waals surface area (Å²) in [5, 5.41) is 10.3. The van der Waals surface area contributed by atoms with Gasteiger partial charge in [0, 0.05) is 12.3 Å². The van der Waals surface area contributed by atoms with Crippen molar-refractivity contribution in [1.29, 1.82) is 0 Å². The van der Waals surface area contributed by atoms with Crippen molar-refractivity contribution in [2.75, 3.05) is 0 Å². The third-order valence-electron chi connectivity index (χ3n) is 1.20. The van der Waals surface area contributed by atoms with Gasteiger partial charge in [-0.25, -0.2) is 4.98 Å². The molecule has 5 nitrogen and oxygen atoms in total. The van der Waals surface area contributed by atoms with Crippen molar-refractivity contribution in [3.8, 4) is 0 Å². The summed E-state index contributed by atoms with van der Waals surface area (Å²) in [4.78, 5) is 23.7. The van der Waals surface area contributed by atoms with E-state index in [0.717, 1.165) is 6.20 Å². The van der Waals surface area contributed by atoms with Crippen LogP contribution in [0.2, 0.25) is 0 Å². The topological polar surface area (TPSA) is 73.1 Å². The van der Waals surface area contributed by atoms with Crippen LogP contribution in [0.4, 0.5) is 5.69 Å². The fourth-order valence-electron chi connectivity index (χ4n) is 0.680. The molecule has 0 bridgehead atoms. The van der Waals surface area contributed by atoms with E-state index in [0.29, 0.717) is 10.9 Å². The molecule has 0 N–H and O–H groups in total. The molecular weight excluding hydrogens is 228 g/mol. The molecule has 0 atom stereocenters. The summed E-state index contributed by atoms with van der Waals surface area (Å²) < 4.78 is 0.333. The Bertz CT molecular complexity index is 340. The molecule has 1 rings (SSSR count). The Labute approximate surface area is 75.7 Å². The summed E-state index contributed by atoms with van der Waals surface area (Å²) in [5.74, 6) is 0. The van der Waals surface area contributed by atoms with Crippen LogP contribution in [0, 0.1) is 10.1 Å². The lowest BCUT2D eigenvalue weighted by atomic mass is 10.3. The van der Waals surface area contributed by atoms with Crippen LogP contribution in [-0.4, -0.2) is 16.2 Å². The first-order valence-electron chi connectivity index (χ1n) is 2.90. The summed E-state index contributed by atoms with van der Waals surface area (Å²) in [6.45, 7) is 0. The van der Waals surface area contributed by atoms with Gasteiger partial charge in [-0.1, -0.05) is 0 Å². The number of hydrogen-bond donors (Lipinski definition) is 0. The molecule has 6 heteroatoms. The Kier molecular flexibility index (Phi) is 2.49. The van der Waals surface area contributed by atoms with Crippen LogP contribution in [0.1, 0.15) is 10.4 Å². The second kappa shape index (κ2) is 3.40. The normalized spacial score (nSPS) is 9.42. The van der Waals surface area contributed by atoms with Crippen LogP contribution < -0.4 is 0 Å². The Morgan fingerprint density at radius 3 is 2.83 bits per heavy atom. The quantitative estimate of drug-likeness (QED) is 0.335. The maximum absolute atomic E-state index is 10.3. The molecule has 0 saturated carbocycles. The monoisotopic (exact) mass is 230 g/mol. The number of halogens is 1. The standard InChI is InChI=1S/C6H3BrN2O3/c7-6-1-5(9(11)12)4(3-10)2-8-6/h1-3H. The predicted octanol–water partition coefficient (Wildman–Crippen LogP) is 1.56. The maximum Gasteiger partial charge on any atom is 0.284 e. The van der Waals surface area contributed by atoms with Gasteiger partial charge in [0.15, 0.2) is 6.29 Å². The fourth-order valence-corrected chi connectivity index (χ4v) is 0.999. The van der Waals surface area contributed by atoms with Gasteiger partial charge in [0.1, 0.15) is 10.2 Å². The second-order valence-corrected chi connectivity index (χ2v) is 2.75. The van der Waals surface area contributed by atoms with E-state index in [2.05, 4.69) is 20.9 Å². The van der Waals surface area contributed by atoms with Gasteiger partial charge in [-0.2, -0.15) is 0 Å². The number of nitrogens with zero attached hydrogens (tertiary/aromatic N) is 2. The first-order valence-corrected chi connectivity index (χ1v) is 3.69. The Morgan fingerprint density at radius 1 is 1.67 bits per heavy atom. The van der Waals surface area contributed by atoms with E-state index in [9.17, 15) is 14.9 Å². The van der Waals surface area contributed by atoms with E-state index in [-0.39, 0.29) is 11.3 Å². The summed E-state index contributed by atoms with van der Waals surface area (Å²) in [6, 6.07) is 1.18. The van der Waals surface area contributed by atoms with Gasteiger partial charge < -0.3 is 0 Å². The fraction of sp³-hybridized carbons (Fsp3) is 0. The molecule has 0 amide bonds. The van der Waals surface area contributed by atoms with Gasteiger partial charge in [-0.3, -0.25) is 14.9 Å². The molecule has 62 valence electrons. The number of rotatable bonds is 2. The van der Waals surface area contributed by atoms with Crippen LogP contribution >= 0.6 is 15.9 Å². The minimum atomic E-state index is -0.629. The highest BCUT2D eigenvalue weighted by Crippen LogP contribution is 2.19. The molecule has 0 saturated heterocycles. The number of pyridine rings is 1. The molecule has 1 aromatic rings. The lowest BCUT2D eigenvalue weighted by molar-refractivity contribution is -0.385. The molecule has 0 unspecified atom stereocenters. The Balaban J connectivity index is 3.30. The first kappa shape index (κ1) is 8.79. The molecular formula is C6H3BrN2O3. The molecule has 0 aromatic carbocycles. The van der Waals surface area contributed by atoms with E-state index in [1.807, 2.05) is 0 Å². The first-order chi connectivity index (χ1) is 5.65. The van der Waals surface area contributed by atoms with Crippen molar-refractivity contribution in [2.24, 2.45) is 0 Å². The lowest BCUT2D eigenvalue weighted by Crippen LogP contribution is -1.95. The maximum atomic E-state index is 10.3. The second-order valence-electron chi connectivity index (χ2n) is 1.94. The minimum absolute atomic E-state index is 0.0248. The van der Waals surface area contributed by atoms with Gasteiger partial charge in [0.05, 0.1) is 4.92 Å². The van der Waals surface area contributed by atoms with E-state index < -0.39 is 4.92 Å². The molecule has 1 aromatic heterocycles. The van der Waals surface area contributed by atoms with Crippen LogP contribution in [0.3, 0.4) is 0 Å². The van der Waals surface area contributed by atoms with Gasteiger partial charge in [-0.05, 0) is 15.9 Å². The molecule has 0 radical (unpaired) electrons. The van der Waals surface area contributed by atoms with Crippen LogP contribution in [0.5, 0.6) is 0 Å². The number of hydrogen-bond acceptors (Lipinski definition) is 4. The zero-order valence-electron chi connectivity index (χ0n) is 5.73. The predicted molar refractivity (Wildman–Crippen MR) is 44.0 cm³/mol. The minimum Gasteiger partial charge on any atom is -0.298 e. The average molecular weight is 231 g/mol. The highest BCUT2D eigenvalue weighted by molar-refractivity contribution is 9.10. The van der Waals surface area contributed by atoms with Gasteiger partial charge in [0.25, 0.3) is 5.69 Å². The van der Waals surface area contributed by atoms with Crippen LogP contribution in [0.25, 0.3) is 0 Å². The van der Waals surface area contributed by atoms with E-state index in [1.54, 1.807) is 0 Å². The third-order valence-corrected chi connectivity index (χ3v) is 1.64. The summed E-state index contributed by atoms with van der Waals surface area (Å²) in [5.41, 5.74) is -0.268. The molecule has 0 aliphatic heterocycles. The van der Waals surface area contributed by atoms with Gasteiger partial charge in [0.2, 0.25) is 0 Å². The van der Waals surface area contributed by atoms with Gasteiger partial charge >= 0.3 is 0 Å². The number of nitro groups is 1.